The molecule has 3 heterocycles. The average Bonchev–Trinajstić information content (AvgIpc) is 3.66. The number of benzene rings is 2. The Morgan fingerprint density at radius 3 is 2.58 bits per heavy atom. The van der Waals surface area contributed by atoms with Gasteiger partial charge in [0.1, 0.15) is 35.2 Å². The van der Waals surface area contributed by atoms with Crippen molar-refractivity contribution in [3.05, 3.63) is 94.1 Å². The number of amides is 1. The summed E-state index contributed by atoms with van der Waals surface area (Å²) in [5.74, 6) is 4.28. The molecule has 258 valence electrons. The first-order valence-electron chi connectivity index (χ1n) is 16.4. The second kappa shape index (κ2) is 12.6. The summed E-state index contributed by atoms with van der Waals surface area (Å²) in [4.78, 5) is 18.8. The number of nitrogen functional groups attached to an aromatic ring is 1. The third-order valence-corrected chi connectivity index (χ3v) is 9.30. The van der Waals surface area contributed by atoms with E-state index in [4.69, 9.17) is 10.7 Å². The lowest BCUT2D eigenvalue weighted by molar-refractivity contribution is -0.122. The lowest BCUT2D eigenvalue weighted by atomic mass is 9.93. The van der Waals surface area contributed by atoms with Crippen LogP contribution in [0.4, 0.5) is 23.4 Å². The maximum atomic E-state index is 14.5. The van der Waals surface area contributed by atoms with Crippen LogP contribution in [0.2, 0.25) is 0 Å². The number of nitrogens with zero attached hydrogens (tertiary/aromatic N) is 5. The van der Waals surface area contributed by atoms with Gasteiger partial charge in [-0.3, -0.25) is 14.2 Å². The van der Waals surface area contributed by atoms with E-state index in [9.17, 15) is 27.5 Å². The Kier molecular flexibility index (Phi) is 8.38. The minimum atomic E-state index is -2.78. The molecular weight excluding hydrogens is 650 g/mol. The molecule has 1 saturated carbocycles. The second-order valence-electron chi connectivity index (χ2n) is 13.6. The zero-order valence-corrected chi connectivity index (χ0v) is 27.6. The van der Waals surface area contributed by atoms with Gasteiger partial charge in [0.2, 0.25) is 5.91 Å². The van der Waals surface area contributed by atoms with Gasteiger partial charge in [0.25, 0.3) is 6.43 Å². The molecule has 7 rings (SSSR count). The highest BCUT2D eigenvalue weighted by molar-refractivity contribution is 6.00. The molecule has 0 saturated heterocycles. The number of para-hydroxylation sites is 1. The quantitative estimate of drug-likeness (QED) is 0.138. The fourth-order valence-electron chi connectivity index (χ4n) is 7.12. The number of alkyl halides is 2. The molecule has 13 heteroatoms. The smallest absolute Gasteiger partial charge is 0.282 e. The number of aliphatic hydroxyl groups is 1. The van der Waals surface area contributed by atoms with E-state index in [1.165, 1.54) is 30.7 Å². The standard InChI is InChI=1S/C37H35F4N7O2/c1-37(2,50)12-11-23-8-10-24(25-5-4-6-27-33(25)47(3)46-36(27)42)31(43-23)29(15-19-13-21(38)17-22(39)14-19)44-30(49)18-48-34-26(32(45-48)35(40)41)9-7-20-16-28(20)34/h4-6,8,10,13-14,17,20,28-29,35,50H,7,9,15-16,18H2,1-3H3,(H2,42,46)(H,44,49). The van der Waals surface area contributed by atoms with Crippen LogP contribution in [0.3, 0.4) is 0 Å². The van der Waals surface area contributed by atoms with E-state index < -0.39 is 35.6 Å². The molecule has 1 amide bonds. The van der Waals surface area contributed by atoms with Gasteiger partial charge in [-0.05, 0) is 87.3 Å². The van der Waals surface area contributed by atoms with Crippen LogP contribution < -0.4 is 11.1 Å². The molecular formula is C37H35F4N7O2. The van der Waals surface area contributed by atoms with Crippen LogP contribution in [0, 0.1) is 29.4 Å². The predicted octanol–water partition coefficient (Wildman–Crippen LogP) is 5.90. The molecule has 3 unspecified atom stereocenters. The van der Waals surface area contributed by atoms with Crippen LogP contribution >= 0.6 is 0 Å². The van der Waals surface area contributed by atoms with E-state index in [1.807, 2.05) is 18.2 Å². The van der Waals surface area contributed by atoms with Crippen molar-refractivity contribution in [3.63, 3.8) is 0 Å². The van der Waals surface area contributed by atoms with E-state index in [1.54, 1.807) is 23.9 Å². The molecule has 2 aliphatic rings. The van der Waals surface area contributed by atoms with Crippen molar-refractivity contribution in [1.82, 2.24) is 29.9 Å². The number of hydrogen-bond acceptors (Lipinski definition) is 6. The van der Waals surface area contributed by atoms with Gasteiger partial charge in [-0.2, -0.15) is 10.2 Å². The number of aryl methyl sites for hydroxylation is 1. The molecule has 4 N–H and O–H groups in total. The largest absolute Gasteiger partial charge is 0.382 e. The Bertz CT molecular complexity index is 2190. The highest BCUT2D eigenvalue weighted by Gasteiger charge is 2.46. The molecule has 2 aromatic carbocycles. The Labute approximate surface area is 285 Å². The van der Waals surface area contributed by atoms with Crippen LogP contribution in [0.25, 0.3) is 22.0 Å². The minimum absolute atomic E-state index is 0.0868. The number of pyridine rings is 1. The van der Waals surface area contributed by atoms with Crippen LogP contribution in [-0.2, 0) is 31.2 Å². The number of anilines is 1. The van der Waals surface area contributed by atoms with Crippen molar-refractivity contribution in [3.8, 4) is 23.0 Å². The number of halogens is 4. The predicted molar refractivity (Wildman–Crippen MR) is 179 cm³/mol. The van der Waals surface area contributed by atoms with Crippen molar-refractivity contribution in [2.45, 2.75) is 70.1 Å². The average molecular weight is 686 g/mol. The summed E-state index contributed by atoms with van der Waals surface area (Å²) in [5.41, 5.74) is 8.53. The molecule has 5 aromatic rings. The Morgan fingerprint density at radius 2 is 1.86 bits per heavy atom. The number of carbonyl (C=O) groups is 1. The highest BCUT2D eigenvalue weighted by atomic mass is 19.3. The number of aromatic nitrogens is 5. The molecule has 0 aliphatic heterocycles. The summed E-state index contributed by atoms with van der Waals surface area (Å²) in [6.07, 6.45) is -0.690. The van der Waals surface area contributed by atoms with Crippen molar-refractivity contribution < 1.29 is 27.5 Å². The van der Waals surface area contributed by atoms with E-state index in [0.29, 0.717) is 57.1 Å². The van der Waals surface area contributed by atoms with Gasteiger partial charge in [-0.1, -0.05) is 18.1 Å². The van der Waals surface area contributed by atoms with Gasteiger partial charge < -0.3 is 16.2 Å². The fourth-order valence-corrected chi connectivity index (χ4v) is 7.12. The van der Waals surface area contributed by atoms with Crippen LogP contribution in [0.5, 0.6) is 0 Å². The summed E-state index contributed by atoms with van der Waals surface area (Å²) < 4.78 is 60.0. The molecule has 3 aromatic heterocycles. The normalized spacial score (nSPS) is 17.2. The molecule has 1 fully saturated rings. The zero-order valence-electron chi connectivity index (χ0n) is 27.6. The molecule has 3 atom stereocenters. The number of fused-ring (bicyclic) bond motifs is 4. The van der Waals surface area contributed by atoms with Gasteiger partial charge in [0, 0.05) is 46.8 Å². The first kappa shape index (κ1) is 33.3. The van der Waals surface area contributed by atoms with Gasteiger partial charge >= 0.3 is 0 Å². The van der Waals surface area contributed by atoms with Crippen molar-refractivity contribution in [1.29, 1.82) is 0 Å². The summed E-state index contributed by atoms with van der Waals surface area (Å²) in [5, 5.41) is 22.5. The van der Waals surface area contributed by atoms with E-state index in [-0.39, 0.29) is 35.8 Å². The Balaban J connectivity index is 1.35. The van der Waals surface area contributed by atoms with Crippen LogP contribution in [-0.4, -0.2) is 41.2 Å². The third kappa shape index (κ3) is 6.55. The molecule has 0 bridgehead atoms. The molecule has 2 aliphatic carbocycles. The lowest BCUT2D eigenvalue weighted by Crippen LogP contribution is -2.34. The van der Waals surface area contributed by atoms with Crippen molar-refractivity contribution in [2.24, 2.45) is 13.0 Å². The summed E-state index contributed by atoms with van der Waals surface area (Å²) in [7, 11) is 1.75. The van der Waals surface area contributed by atoms with Gasteiger partial charge in [-0.25, -0.2) is 22.5 Å². The zero-order chi connectivity index (χ0) is 35.5. The minimum Gasteiger partial charge on any atom is -0.382 e. The number of rotatable bonds is 8. The Morgan fingerprint density at radius 1 is 1.10 bits per heavy atom. The molecule has 0 spiro atoms. The maximum absolute atomic E-state index is 14.5. The number of nitrogens with two attached hydrogens (primary N) is 1. The summed E-state index contributed by atoms with van der Waals surface area (Å²) in [6, 6.07) is 11.0. The highest BCUT2D eigenvalue weighted by Crippen LogP contribution is 2.55. The number of hydrogen-bond donors (Lipinski definition) is 3. The first-order chi connectivity index (χ1) is 23.8. The van der Waals surface area contributed by atoms with Gasteiger partial charge in [-0.15, -0.1) is 0 Å². The van der Waals surface area contributed by atoms with Crippen LogP contribution in [0.15, 0.2) is 48.5 Å². The molecule has 9 nitrogen and oxygen atoms in total. The fraction of sp³-hybridized carbons (Fsp3) is 0.351. The van der Waals surface area contributed by atoms with E-state index in [2.05, 4.69) is 27.4 Å². The summed E-state index contributed by atoms with van der Waals surface area (Å²) >= 11 is 0. The maximum Gasteiger partial charge on any atom is 0.282 e. The SMILES string of the molecule is Cn1nc(N)c2cccc(-c3ccc(C#CC(C)(C)O)nc3C(Cc3cc(F)cc(F)c3)NC(=O)Cn3nc(C(F)F)c4c3C3CC3CC4)c21. The van der Waals surface area contributed by atoms with Crippen molar-refractivity contribution in [2.75, 3.05) is 5.73 Å². The molecule has 0 radical (unpaired) electrons. The second-order valence-corrected chi connectivity index (χ2v) is 13.6. The first-order valence-corrected chi connectivity index (χ1v) is 16.4. The van der Waals surface area contributed by atoms with Crippen molar-refractivity contribution >= 4 is 22.6 Å². The third-order valence-electron chi connectivity index (χ3n) is 9.30. The Hall–Kier alpha value is -5.22. The van der Waals surface area contributed by atoms with Gasteiger partial charge in [0.05, 0.1) is 17.3 Å². The van der Waals surface area contributed by atoms with Gasteiger partial charge in [0.15, 0.2) is 5.82 Å². The number of nitrogens with one attached hydrogen (secondary N) is 1. The van der Waals surface area contributed by atoms with E-state index >= 15 is 0 Å². The molecule has 50 heavy (non-hydrogen) atoms. The monoisotopic (exact) mass is 685 g/mol. The van der Waals surface area contributed by atoms with Crippen LogP contribution in [0.1, 0.15) is 79.0 Å². The topological polar surface area (TPSA) is 124 Å². The number of carbonyl (C=O) groups excluding carboxylic acids is 1. The summed E-state index contributed by atoms with van der Waals surface area (Å²) in [6.45, 7) is 2.72. The van der Waals surface area contributed by atoms with E-state index in [0.717, 1.165) is 18.9 Å². The lowest BCUT2D eigenvalue weighted by Gasteiger charge is -2.23.